The molecule has 3 aromatic rings. The number of rotatable bonds is 3. The Bertz CT molecular complexity index is 712. The van der Waals surface area contributed by atoms with Gasteiger partial charge in [0.25, 0.3) is 0 Å². The molecule has 0 fully saturated rings. The molecular formula is C17H18Cl2N2S. The Morgan fingerprint density at radius 2 is 1.41 bits per heavy atom. The number of hydrogen-bond acceptors (Lipinski definition) is 3. The lowest BCUT2D eigenvalue weighted by Gasteiger charge is -2.01. The molecule has 0 spiro atoms. The predicted molar refractivity (Wildman–Crippen MR) is 99.4 cm³/mol. The van der Waals surface area contributed by atoms with Gasteiger partial charge in [-0.1, -0.05) is 19.1 Å². The van der Waals surface area contributed by atoms with Crippen LogP contribution in [0.25, 0.3) is 21.1 Å². The van der Waals surface area contributed by atoms with Gasteiger partial charge in [0, 0.05) is 12.4 Å². The minimum absolute atomic E-state index is 0. The van der Waals surface area contributed by atoms with Crippen LogP contribution in [0, 0.1) is 6.92 Å². The maximum atomic E-state index is 4.50. The average Bonchev–Trinajstić information content (AvgIpc) is 2.86. The Kier molecular flexibility index (Phi) is 7.01. The molecule has 0 amide bonds. The van der Waals surface area contributed by atoms with Crippen LogP contribution >= 0.6 is 36.2 Å². The highest BCUT2D eigenvalue weighted by atomic mass is 35.5. The van der Waals surface area contributed by atoms with Crippen LogP contribution in [0.5, 0.6) is 0 Å². The zero-order valence-corrected chi connectivity index (χ0v) is 14.9. The third kappa shape index (κ3) is 3.49. The van der Waals surface area contributed by atoms with Crippen molar-refractivity contribution < 1.29 is 0 Å². The van der Waals surface area contributed by atoms with Gasteiger partial charge in [-0.25, -0.2) is 0 Å². The van der Waals surface area contributed by atoms with E-state index < -0.39 is 0 Å². The molecule has 5 heteroatoms. The first-order chi connectivity index (χ1) is 9.81. The molecule has 0 aromatic carbocycles. The summed E-state index contributed by atoms with van der Waals surface area (Å²) >= 11 is 1.79. The molecule has 0 saturated heterocycles. The number of halogens is 2. The van der Waals surface area contributed by atoms with Crippen LogP contribution in [-0.2, 0) is 6.42 Å². The van der Waals surface area contributed by atoms with Crippen molar-refractivity contribution in [2.24, 2.45) is 0 Å². The van der Waals surface area contributed by atoms with Crippen LogP contribution in [-0.4, -0.2) is 9.97 Å². The van der Waals surface area contributed by atoms with Gasteiger partial charge in [0.05, 0.1) is 21.1 Å². The summed E-state index contributed by atoms with van der Waals surface area (Å²) < 4.78 is 0. The van der Waals surface area contributed by atoms with Gasteiger partial charge in [-0.15, -0.1) is 36.2 Å². The lowest BCUT2D eigenvalue weighted by Crippen LogP contribution is -1.87. The molecule has 3 aromatic heterocycles. The SMILES string of the molecule is CCc1c(-c2ccccn2)sc(-c2ccccn2)c1C.Cl.Cl. The number of hydrogen-bond donors (Lipinski definition) is 0. The lowest BCUT2D eigenvalue weighted by molar-refractivity contribution is 1.12. The van der Waals surface area contributed by atoms with E-state index in [1.54, 1.807) is 11.3 Å². The summed E-state index contributed by atoms with van der Waals surface area (Å²) in [7, 11) is 0. The Labute approximate surface area is 147 Å². The van der Waals surface area contributed by atoms with Crippen molar-refractivity contribution in [1.82, 2.24) is 9.97 Å². The second-order valence-electron chi connectivity index (χ2n) is 4.65. The fourth-order valence-electron chi connectivity index (χ4n) is 2.42. The topological polar surface area (TPSA) is 25.8 Å². The van der Waals surface area contributed by atoms with E-state index in [1.807, 2.05) is 36.7 Å². The summed E-state index contributed by atoms with van der Waals surface area (Å²) in [6, 6.07) is 12.1. The second-order valence-corrected chi connectivity index (χ2v) is 5.67. The van der Waals surface area contributed by atoms with Crippen molar-refractivity contribution in [3.8, 4) is 21.1 Å². The first kappa shape index (κ1) is 18.6. The number of nitrogens with zero attached hydrogens (tertiary/aromatic N) is 2. The van der Waals surface area contributed by atoms with Crippen molar-refractivity contribution in [3.05, 3.63) is 59.9 Å². The van der Waals surface area contributed by atoms with Crippen LogP contribution in [0.4, 0.5) is 0 Å². The third-order valence-electron chi connectivity index (χ3n) is 3.42. The van der Waals surface area contributed by atoms with Gasteiger partial charge in [-0.2, -0.15) is 0 Å². The third-order valence-corrected chi connectivity index (χ3v) is 4.80. The summed E-state index contributed by atoms with van der Waals surface area (Å²) in [5.41, 5.74) is 4.82. The monoisotopic (exact) mass is 352 g/mol. The Morgan fingerprint density at radius 1 is 0.864 bits per heavy atom. The van der Waals surface area contributed by atoms with Crippen LogP contribution in [0.2, 0.25) is 0 Å². The second kappa shape index (κ2) is 8.28. The average molecular weight is 353 g/mol. The van der Waals surface area contributed by atoms with Gasteiger partial charge in [0.15, 0.2) is 0 Å². The molecule has 0 N–H and O–H groups in total. The zero-order chi connectivity index (χ0) is 13.9. The van der Waals surface area contributed by atoms with Crippen LogP contribution in [0.15, 0.2) is 48.8 Å². The van der Waals surface area contributed by atoms with Crippen molar-refractivity contribution in [2.75, 3.05) is 0 Å². The molecular weight excluding hydrogens is 335 g/mol. The van der Waals surface area contributed by atoms with Gasteiger partial charge in [0.2, 0.25) is 0 Å². The van der Waals surface area contributed by atoms with Gasteiger partial charge in [-0.05, 0) is 48.7 Å². The van der Waals surface area contributed by atoms with E-state index in [4.69, 9.17) is 0 Å². The van der Waals surface area contributed by atoms with E-state index in [-0.39, 0.29) is 24.8 Å². The van der Waals surface area contributed by atoms with E-state index in [0.29, 0.717) is 0 Å². The fraction of sp³-hybridized carbons (Fsp3) is 0.176. The quantitative estimate of drug-likeness (QED) is 0.614. The molecule has 0 saturated carbocycles. The molecule has 0 unspecified atom stereocenters. The van der Waals surface area contributed by atoms with Crippen LogP contribution < -0.4 is 0 Å². The van der Waals surface area contributed by atoms with E-state index in [0.717, 1.165) is 17.8 Å². The summed E-state index contributed by atoms with van der Waals surface area (Å²) in [4.78, 5) is 11.5. The molecule has 0 aliphatic heterocycles. The number of pyridine rings is 2. The van der Waals surface area contributed by atoms with Crippen molar-refractivity contribution in [3.63, 3.8) is 0 Å². The summed E-state index contributed by atoms with van der Waals surface area (Å²) in [6.45, 7) is 4.38. The molecule has 3 heterocycles. The van der Waals surface area contributed by atoms with Gasteiger partial charge >= 0.3 is 0 Å². The van der Waals surface area contributed by atoms with Gasteiger partial charge in [-0.3, -0.25) is 9.97 Å². The van der Waals surface area contributed by atoms with E-state index in [1.165, 1.54) is 20.9 Å². The Morgan fingerprint density at radius 3 is 1.86 bits per heavy atom. The van der Waals surface area contributed by atoms with Crippen molar-refractivity contribution in [1.29, 1.82) is 0 Å². The summed E-state index contributed by atoms with van der Waals surface area (Å²) in [6.07, 6.45) is 4.71. The largest absolute Gasteiger partial charge is 0.255 e. The Hall–Kier alpha value is -1.42. The normalized spacial score (nSPS) is 9.73. The van der Waals surface area contributed by atoms with Crippen molar-refractivity contribution >= 4 is 36.2 Å². The number of aromatic nitrogens is 2. The molecule has 22 heavy (non-hydrogen) atoms. The van der Waals surface area contributed by atoms with Crippen molar-refractivity contribution in [2.45, 2.75) is 20.3 Å². The van der Waals surface area contributed by atoms with Crippen LogP contribution in [0.3, 0.4) is 0 Å². The minimum Gasteiger partial charge on any atom is -0.255 e. The lowest BCUT2D eigenvalue weighted by atomic mass is 10.0. The first-order valence-electron chi connectivity index (χ1n) is 6.76. The predicted octanol–water partition coefficient (Wildman–Crippen LogP) is 5.59. The molecule has 116 valence electrons. The summed E-state index contributed by atoms with van der Waals surface area (Å²) in [5.74, 6) is 0. The molecule has 2 nitrogen and oxygen atoms in total. The van der Waals surface area contributed by atoms with Gasteiger partial charge in [0.1, 0.15) is 0 Å². The highest BCUT2D eigenvalue weighted by Gasteiger charge is 2.17. The molecule has 0 radical (unpaired) electrons. The number of thiophene rings is 1. The maximum absolute atomic E-state index is 4.50. The van der Waals surface area contributed by atoms with E-state index >= 15 is 0 Å². The highest BCUT2D eigenvalue weighted by molar-refractivity contribution is 7.19. The zero-order valence-electron chi connectivity index (χ0n) is 12.4. The molecule has 0 bridgehead atoms. The molecule has 0 aliphatic carbocycles. The van der Waals surface area contributed by atoms with Gasteiger partial charge < -0.3 is 0 Å². The fourth-order valence-corrected chi connectivity index (χ4v) is 3.77. The smallest absolute Gasteiger partial charge is 0.0804 e. The first-order valence-corrected chi connectivity index (χ1v) is 7.58. The molecule has 0 atom stereocenters. The summed E-state index contributed by atoms with van der Waals surface area (Å²) in [5, 5.41) is 0. The highest BCUT2D eigenvalue weighted by Crippen LogP contribution is 2.40. The van der Waals surface area contributed by atoms with Crippen LogP contribution in [0.1, 0.15) is 18.1 Å². The van der Waals surface area contributed by atoms with E-state index in [9.17, 15) is 0 Å². The molecule has 3 rings (SSSR count). The maximum Gasteiger partial charge on any atom is 0.0804 e. The standard InChI is InChI=1S/C17H16N2S.2ClH/c1-3-13-12(2)16(14-8-4-6-10-18-14)20-17(13)15-9-5-7-11-19-15;;/h4-11H,3H2,1-2H3;2*1H. The van der Waals surface area contributed by atoms with E-state index in [2.05, 4.69) is 35.9 Å². The molecule has 0 aliphatic rings. The minimum atomic E-state index is 0. The Balaban J connectivity index is 0.00000121.